The third-order valence-corrected chi connectivity index (χ3v) is 4.28. The number of rotatable bonds is 6. The van der Waals surface area contributed by atoms with E-state index < -0.39 is 0 Å². The Kier molecular flexibility index (Phi) is 4.88. The van der Waals surface area contributed by atoms with Crippen LogP contribution in [0.1, 0.15) is 61.4 Å². The van der Waals surface area contributed by atoms with Gasteiger partial charge in [0.25, 0.3) is 0 Å². The lowest BCUT2D eigenvalue weighted by atomic mass is 10.00. The van der Waals surface area contributed by atoms with Crippen molar-refractivity contribution in [1.29, 1.82) is 0 Å². The molecule has 1 aliphatic rings. The topological polar surface area (TPSA) is 48.2 Å². The Balaban J connectivity index is 1.48. The fourth-order valence-electron chi connectivity index (χ4n) is 2.79. The van der Waals surface area contributed by atoms with Gasteiger partial charge in [0.1, 0.15) is 0 Å². The summed E-state index contributed by atoms with van der Waals surface area (Å²) in [6.07, 6.45) is 3.92. The first-order chi connectivity index (χ1) is 10.7. The Labute approximate surface area is 131 Å². The molecule has 4 nitrogen and oxygen atoms in total. The van der Waals surface area contributed by atoms with Crippen LogP contribution in [0.4, 0.5) is 0 Å². The van der Waals surface area contributed by atoms with Gasteiger partial charge in [-0.25, -0.2) is 0 Å². The van der Waals surface area contributed by atoms with E-state index >= 15 is 0 Å². The Hall–Kier alpha value is -1.68. The van der Waals surface area contributed by atoms with Crippen LogP contribution < -0.4 is 0 Å². The fourth-order valence-corrected chi connectivity index (χ4v) is 2.79. The lowest BCUT2D eigenvalue weighted by Crippen LogP contribution is -2.00. The monoisotopic (exact) mass is 300 g/mol. The van der Waals surface area contributed by atoms with Gasteiger partial charge >= 0.3 is 0 Å². The highest BCUT2D eigenvalue weighted by Gasteiger charge is 2.22. The number of hydrogen-bond acceptors (Lipinski definition) is 4. The molecule has 2 heterocycles. The van der Waals surface area contributed by atoms with E-state index in [1.54, 1.807) is 0 Å². The van der Waals surface area contributed by atoms with E-state index in [1.165, 1.54) is 11.1 Å². The zero-order valence-electron chi connectivity index (χ0n) is 13.4. The van der Waals surface area contributed by atoms with Crippen molar-refractivity contribution in [2.75, 3.05) is 13.2 Å². The van der Waals surface area contributed by atoms with Gasteiger partial charge in [0.2, 0.25) is 5.89 Å². The maximum atomic E-state index is 5.36. The molecule has 4 heteroatoms. The van der Waals surface area contributed by atoms with E-state index in [0.29, 0.717) is 11.8 Å². The smallest absolute Gasteiger partial charge is 0.226 e. The minimum Gasteiger partial charge on any atom is -0.381 e. The molecule has 118 valence electrons. The summed E-state index contributed by atoms with van der Waals surface area (Å²) in [4.78, 5) is 4.50. The van der Waals surface area contributed by atoms with Gasteiger partial charge in [0.05, 0.1) is 6.61 Å². The molecule has 0 N–H and O–H groups in total. The van der Waals surface area contributed by atoms with E-state index in [9.17, 15) is 0 Å². The van der Waals surface area contributed by atoms with E-state index in [1.807, 2.05) is 0 Å². The van der Waals surface area contributed by atoms with Crippen LogP contribution in [0, 0.1) is 0 Å². The standard InChI is InChI=1S/C18H24N2O2/c1-13(2)15-8-6-14(7-9-15)4-3-5-17-19-18(20-22-17)16-10-11-21-12-16/h6-9,13,16H,3-5,10-12H2,1-2H3/t16-/m1/s1. The van der Waals surface area contributed by atoms with E-state index in [2.05, 4.69) is 48.3 Å². The molecule has 0 spiro atoms. The van der Waals surface area contributed by atoms with Crippen molar-refractivity contribution in [3.05, 3.63) is 47.1 Å². The van der Waals surface area contributed by atoms with Crippen molar-refractivity contribution < 1.29 is 9.26 Å². The van der Waals surface area contributed by atoms with E-state index in [-0.39, 0.29) is 0 Å². The van der Waals surface area contributed by atoms with Crippen molar-refractivity contribution in [2.24, 2.45) is 0 Å². The average molecular weight is 300 g/mol. The van der Waals surface area contributed by atoms with Crippen LogP contribution in [-0.4, -0.2) is 23.4 Å². The van der Waals surface area contributed by atoms with Crippen molar-refractivity contribution in [3.63, 3.8) is 0 Å². The Morgan fingerprint density at radius 3 is 2.68 bits per heavy atom. The summed E-state index contributed by atoms with van der Waals surface area (Å²) in [5, 5.41) is 4.09. The first-order valence-corrected chi connectivity index (χ1v) is 8.21. The number of benzene rings is 1. The predicted octanol–water partition coefficient (Wildman–Crippen LogP) is 3.87. The van der Waals surface area contributed by atoms with Gasteiger partial charge in [-0.3, -0.25) is 0 Å². The third kappa shape index (κ3) is 3.74. The molecular weight excluding hydrogens is 276 g/mol. The molecule has 0 radical (unpaired) electrons. The lowest BCUT2D eigenvalue weighted by Gasteiger charge is -2.06. The van der Waals surface area contributed by atoms with Crippen LogP contribution >= 0.6 is 0 Å². The van der Waals surface area contributed by atoms with Crippen LogP contribution in [0.3, 0.4) is 0 Å². The normalized spacial score (nSPS) is 18.2. The molecule has 0 aliphatic carbocycles. The van der Waals surface area contributed by atoms with Gasteiger partial charge in [-0.05, 0) is 36.3 Å². The summed E-state index contributed by atoms with van der Waals surface area (Å²) in [5.41, 5.74) is 2.76. The van der Waals surface area contributed by atoms with Gasteiger partial charge in [-0.2, -0.15) is 4.98 Å². The highest BCUT2D eigenvalue weighted by Crippen LogP contribution is 2.22. The second kappa shape index (κ2) is 7.05. The summed E-state index contributed by atoms with van der Waals surface area (Å²) in [7, 11) is 0. The SMILES string of the molecule is CC(C)c1ccc(CCCc2nc([C@@H]3CCOC3)no2)cc1. The molecule has 0 saturated carbocycles. The molecule has 1 fully saturated rings. The van der Waals surface area contributed by atoms with E-state index in [4.69, 9.17) is 9.26 Å². The summed E-state index contributed by atoms with van der Waals surface area (Å²) < 4.78 is 10.7. The molecule has 1 aromatic heterocycles. The molecule has 0 bridgehead atoms. The molecule has 0 amide bonds. The van der Waals surface area contributed by atoms with Gasteiger partial charge in [0, 0.05) is 18.9 Å². The summed E-state index contributed by atoms with van der Waals surface area (Å²) in [5.74, 6) is 2.47. The first kappa shape index (κ1) is 15.2. The zero-order chi connectivity index (χ0) is 15.4. The summed E-state index contributed by atoms with van der Waals surface area (Å²) in [6.45, 7) is 5.97. The molecule has 3 rings (SSSR count). The number of ether oxygens (including phenoxy) is 1. The molecule has 0 unspecified atom stereocenters. The van der Waals surface area contributed by atoms with Crippen molar-refractivity contribution in [2.45, 2.75) is 51.4 Å². The Morgan fingerprint density at radius 1 is 1.18 bits per heavy atom. The molecule has 1 atom stereocenters. The second-order valence-corrected chi connectivity index (χ2v) is 6.36. The molecule has 1 aromatic carbocycles. The Morgan fingerprint density at radius 2 is 2.00 bits per heavy atom. The average Bonchev–Trinajstić information content (AvgIpc) is 3.19. The lowest BCUT2D eigenvalue weighted by molar-refractivity contribution is 0.192. The predicted molar refractivity (Wildman–Crippen MR) is 85.0 cm³/mol. The zero-order valence-corrected chi connectivity index (χ0v) is 13.4. The maximum absolute atomic E-state index is 5.36. The van der Waals surface area contributed by atoms with Crippen molar-refractivity contribution >= 4 is 0 Å². The summed E-state index contributed by atoms with van der Waals surface area (Å²) in [6, 6.07) is 8.91. The van der Waals surface area contributed by atoms with Crippen LogP contribution in [0.2, 0.25) is 0 Å². The van der Waals surface area contributed by atoms with Gasteiger partial charge in [0.15, 0.2) is 5.82 Å². The highest BCUT2D eigenvalue weighted by atomic mass is 16.5. The number of aromatic nitrogens is 2. The largest absolute Gasteiger partial charge is 0.381 e. The third-order valence-electron chi connectivity index (χ3n) is 4.28. The van der Waals surface area contributed by atoms with Crippen LogP contribution in [-0.2, 0) is 17.6 Å². The second-order valence-electron chi connectivity index (χ2n) is 6.36. The molecule has 22 heavy (non-hydrogen) atoms. The molecule has 2 aromatic rings. The van der Waals surface area contributed by atoms with Gasteiger partial charge < -0.3 is 9.26 Å². The minimum atomic E-state index is 0.320. The molecular formula is C18H24N2O2. The molecule has 1 saturated heterocycles. The quantitative estimate of drug-likeness (QED) is 0.812. The fraction of sp³-hybridized carbons (Fsp3) is 0.556. The number of hydrogen-bond donors (Lipinski definition) is 0. The van der Waals surface area contributed by atoms with Gasteiger partial charge in [-0.1, -0.05) is 43.3 Å². The van der Waals surface area contributed by atoms with Crippen molar-refractivity contribution in [1.82, 2.24) is 10.1 Å². The first-order valence-electron chi connectivity index (χ1n) is 8.21. The van der Waals surface area contributed by atoms with Crippen molar-refractivity contribution in [3.8, 4) is 0 Å². The summed E-state index contributed by atoms with van der Waals surface area (Å²) >= 11 is 0. The van der Waals surface area contributed by atoms with Gasteiger partial charge in [-0.15, -0.1) is 0 Å². The number of nitrogens with zero attached hydrogens (tertiary/aromatic N) is 2. The minimum absolute atomic E-state index is 0.320. The Bertz CT molecular complexity index is 583. The van der Waals surface area contributed by atoms with Crippen LogP contribution in [0.15, 0.2) is 28.8 Å². The molecule has 1 aliphatic heterocycles. The van der Waals surface area contributed by atoms with Crippen LogP contribution in [0.25, 0.3) is 0 Å². The van der Waals surface area contributed by atoms with Crippen LogP contribution in [0.5, 0.6) is 0 Å². The maximum Gasteiger partial charge on any atom is 0.226 e. The van der Waals surface area contributed by atoms with E-state index in [0.717, 1.165) is 50.6 Å². The highest BCUT2D eigenvalue weighted by molar-refractivity contribution is 5.24. The number of aryl methyl sites for hydroxylation is 2.